The Morgan fingerprint density at radius 2 is 1.93 bits per heavy atom. The van der Waals surface area contributed by atoms with Crippen LogP contribution in [0.2, 0.25) is 5.02 Å². The van der Waals surface area contributed by atoms with Gasteiger partial charge in [-0.25, -0.2) is 4.99 Å². The summed E-state index contributed by atoms with van der Waals surface area (Å²) in [5.74, 6) is 0.528. The molecule has 0 heterocycles. The van der Waals surface area contributed by atoms with Crippen LogP contribution in [0.1, 0.15) is 5.56 Å². The van der Waals surface area contributed by atoms with E-state index in [4.69, 9.17) is 17.3 Å². The van der Waals surface area contributed by atoms with Gasteiger partial charge in [-0.3, -0.25) is 0 Å². The zero-order valence-electron chi connectivity index (χ0n) is 8.37. The van der Waals surface area contributed by atoms with Gasteiger partial charge < -0.3 is 10.6 Å². The van der Waals surface area contributed by atoms with Gasteiger partial charge in [0.25, 0.3) is 0 Å². The minimum absolute atomic E-state index is 0.528. The lowest BCUT2D eigenvalue weighted by Crippen LogP contribution is -2.30. The number of hydrogen-bond acceptors (Lipinski definition) is 1. The number of benzene rings is 1. The molecule has 1 rings (SSSR count). The van der Waals surface area contributed by atoms with Crippen molar-refractivity contribution in [3.63, 3.8) is 0 Å². The van der Waals surface area contributed by atoms with E-state index < -0.39 is 0 Å². The first kappa shape index (κ1) is 10.9. The molecule has 76 valence electrons. The maximum atomic E-state index is 5.76. The van der Waals surface area contributed by atoms with Gasteiger partial charge in [0.15, 0.2) is 5.96 Å². The number of nitrogens with two attached hydrogens (primary N) is 1. The summed E-state index contributed by atoms with van der Waals surface area (Å²) in [6.07, 6.45) is 0. The molecular weight excluding hydrogens is 198 g/mol. The van der Waals surface area contributed by atoms with Crippen molar-refractivity contribution in [1.82, 2.24) is 4.90 Å². The van der Waals surface area contributed by atoms with Crippen LogP contribution < -0.4 is 5.73 Å². The quantitative estimate of drug-likeness (QED) is 0.598. The molecule has 3 nitrogen and oxygen atoms in total. The molecule has 0 fully saturated rings. The van der Waals surface area contributed by atoms with Crippen LogP contribution in [-0.4, -0.2) is 25.0 Å². The van der Waals surface area contributed by atoms with Gasteiger partial charge in [0.2, 0.25) is 0 Å². The van der Waals surface area contributed by atoms with Crippen molar-refractivity contribution in [3.05, 3.63) is 34.9 Å². The number of nitrogens with zero attached hydrogens (tertiary/aromatic N) is 2. The zero-order valence-corrected chi connectivity index (χ0v) is 9.12. The van der Waals surface area contributed by atoms with Crippen LogP contribution in [0.5, 0.6) is 0 Å². The van der Waals surface area contributed by atoms with E-state index in [2.05, 4.69) is 4.99 Å². The van der Waals surface area contributed by atoms with E-state index in [1.807, 2.05) is 38.4 Å². The highest BCUT2D eigenvalue weighted by atomic mass is 35.5. The van der Waals surface area contributed by atoms with Gasteiger partial charge in [-0.2, -0.15) is 0 Å². The van der Waals surface area contributed by atoms with Crippen molar-refractivity contribution in [1.29, 1.82) is 0 Å². The van der Waals surface area contributed by atoms with E-state index in [0.29, 0.717) is 12.5 Å². The van der Waals surface area contributed by atoms with Gasteiger partial charge in [-0.15, -0.1) is 0 Å². The van der Waals surface area contributed by atoms with Crippen molar-refractivity contribution >= 4 is 17.6 Å². The topological polar surface area (TPSA) is 41.6 Å². The van der Waals surface area contributed by atoms with Crippen LogP contribution in [0.15, 0.2) is 29.3 Å². The molecule has 1 aromatic carbocycles. The van der Waals surface area contributed by atoms with Crippen molar-refractivity contribution in [2.45, 2.75) is 6.54 Å². The van der Waals surface area contributed by atoms with E-state index in [-0.39, 0.29) is 0 Å². The molecule has 2 N–H and O–H groups in total. The molecule has 1 aromatic rings. The second kappa shape index (κ2) is 4.86. The summed E-state index contributed by atoms with van der Waals surface area (Å²) in [4.78, 5) is 5.97. The monoisotopic (exact) mass is 211 g/mol. The van der Waals surface area contributed by atoms with Crippen LogP contribution in [0, 0.1) is 0 Å². The highest BCUT2D eigenvalue weighted by Crippen LogP contribution is 2.09. The highest BCUT2D eigenvalue weighted by molar-refractivity contribution is 6.30. The molecule has 4 heteroatoms. The maximum absolute atomic E-state index is 5.76. The molecule has 0 bridgehead atoms. The molecule has 0 amide bonds. The summed E-state index contributed by atoms with van der Waals surface area (Å²) in [7, 11) is 3.72. The molecule has 0 unspecified atom stereocenters. The van der Waals surface area contributed by atoms with E-state index in [0.717, 1.165) is 10.6 Å². The van der Waals surface area contributed by atoms with Gasteiger partial charge in [0.05, 0.1) is 6.54 Å². The Morgan fingerprint density at radius 1 is 1.36 bits per heavy atom. The summed E-state index contributed by atoms with van der Waals surface area (Å²) in [5, 5.41) is 0.735. The summed E-state index contributed by atoms with van der Waals surface area (Å²) >= 11 is 5.76. The van der Waals surface area contributed by atoms with Crippen molar-refractivity contribution < 1.29 is 0 Å². The minimum Gasteiger partial charge on any atom is -0.370 e. The Kier molecular flexibility index (Phi) is 3.77. The Balaban J connectivity index is 2.62. The molecule has 0 aliphatic carbocycles. The number of guanidine groups is 1. The third-order valence-corrected chi connectivity index (χ3v) is 2.05. The lowest BCUT2D eigenvalue weighted by molar-refractivity contribution is 0.609. The van der Waals surface area contributed by atoms with Gasteiger partial charge in [0, 0.05) is 19.1 Å². The predicted octanol–water partition coefficient (Wildman–Crippen LogP) is 1.72. The second-order valence-corrected chi connectivity index (χ2v) is 3.63. The van der Waals surface area contributed by atoms with Gasteiger partial charge >= 0.3 is 0 Å². The Morgan fingerprint density at radius 3 is 2.43 bits per heavy atom. The number of aliphatic imine (C=N–C) groups is 1. The SMILES string of the molecule is CN(C)C(N)=NCc1ccc(Cl)cc1. The van der Waals surface area contributed by atoms with E-state index in [9.17, 15) is 0 Å². The van der Waals surface area contributed by atoms with Crippen molar-refractivity contribution in [2.75, 3.05) is 14.1 Å². The largest absolute Gasteiger partial charge is 0.370 e. The summed E-state index contributed by atoms with van der Waals surface area (Å²) < 4.78 is 0. The first-order chi connectivity index (χ1) is 6.59. The summed E-state index contributed by atoms with van der Waals surface area (Å²) in [5.41, 5.74) is 6.74. The molecule has 0 aromatic heterocycles. The smallest absolute Gasteiger partial charge is 0.191 e. The Hall–Kier alpha value is -1.22. The van der Waals surface area contributed by atoms with Gasteiger partial charge in [-0.1, -0.05) is 23.7 Å². The third kappa shape index (κ3) is 3.26. The molecule has 0 saturated heterocycles. The minimum atomic E-state index is 0.528. The number of rotatable bonds is 2. The second-order valence-electron chi connectivity index (χ2n) is 3.20. The molecule has 0 spiro atoms. The van der Waals surface area contributed by atoms with Crippen LogP contribution in [0.3, 0.4) is 0 Å². The average molecular weight is 212 g/mol. The summed E-state index contributed by atoms with van der Waals surface area (Å²) in [6, 6.07) is 7.57. The first-order valence-electron chi connectivity index (χ1n) is 4.31. The number of hydrogen-bond donors (Lipinski definition) is 1. The Labute approximate surface area is 89.2 Å². The molecule has 0 aliphatic rings. The van der Waals surface area contributed by atoms with Gasteiger partial charge in [-0.05, 0) is 17.7 Å². The average Bonchev–Trinajstić information content (AvgIpc) is 2.16. The van der Waals surface area contributed by atoms with Crippen LogP contribution in [-0.2, 0) is 6.54 Å². The number of halogens is 1. The van der Waals surface area contributed by atoms with E-state index in [1.165, 1.54) is 0 Å². The fraction of sp³-hybridized carbons (Fsp3) is 0.300. The van der Waals surface area contributed by atoms with Crippen LogP contribution in [0.25, 0.3) is 0 Å². The van der Waals surface area contributed by atoms with E-state index in [1.54, 1.807) is 4.90 Å². The lowest BCUT2D eigenvalue weighted by atomic mass is 10.2. The summed E-state index contributed by atoms with van der Waals surface area (Å²) in [6.45, 7) is 0.585. The third-order valence-electron chi connectivity index (χ3n) is 1.80. The van der Waals surface area contributed by atoms with Crippen LogP contribution >= 0.6 is 11.6 Å². The standard InChI is InChI=1S/C10H14ClN3/c1-14(2)10(12)13-7-8-3-5-9(11)6-4-8/h3-6H,7H2,1-2H3,(H2,12,13). The molecule has 0 atom stereocenters. The normalized spacial score (nSPS) is 11.5. The Bertz CT molecular complexity index is 317. The maximum Gasteiger partial charge on any atom is 0.191 e. The fourth-order valence-electron chi connectivity index (χ4n) is 0.904. The molecule has 0 radical (unpaired) electrons. The predicted molar refractivity (Wildman–Crippen MR) is 60.5 cm³/mol. The lowest BCUT2D eigenvalue weighted by Gasteiger charge is -2.10. The highest BCUT2D eigenvalue weighted by Gasteiger charge is 1.94. The van der Waals surface area contributed by atoms with E-state index >= 15 is 0 Å². The molecule has 0 saturated carbocycles. The van der Waals surface area contributed by atoms with Crippen LogP contribution in [0.4, 0.5) is 0 Å². The van der Waals surface area contributed by atoms with Crippen molar-refractivity contribution in [3.8, 4) is 0 Å². The fourth-order valence-corrected chi connectivity index (χ4v) is 1.03. The molecule has 14 heavy (non-hydrogen) atoms. The molecule has 0 aliphatic heterocycles. The van der Waals surface area contributed by atoms with Crippen molar-refractivity contribution in [2.24, 2.45) is 10.7 Å². The van der Waals surface area contributed by atoms with Gasteiger partial charge in [0.1, 0.15) is 0 Å². The first-order valence-corrected chi connectivity index (χ1v) is 4.69. The molecular formula is C10H14ClN3. The zero-order chi connectivity index (χ0) is 10.6.